The van der Waals surface area contributed by atoms with Crippen molar-refractivity contribution in [1.82, 2.24) is 0 Å². The maximum absolute atomic E-state index is 11.9. The van der Waals surface area contributed by atoms with Crippen LogP contribution in [0.2, 0.25) is 0 Å². The van der Waals surface area contributed by atoms with Crippen molar-refractivity contribution in [3.05, 3.63) is 65.7 Å². The first-order valence-electron chi connectivity index (χ1n) is 6.18. The lowest BCUT2D eigenvalue weighted by Gasteiger charge is -2.03. The van der Waals surface area contributed by atoms with Crippen molar-refractivity contribution >= 4 is 19.1 Å². The molecule has 2 radical (unpaired) electrons. The lowest BCUT2D eigenvalue weighted by atomic mass is 9.92. The van der Waals surface area contributed by atoms with Gasteiger partial charge >= 0.3 is 0 Å². The van der Waals surface area contributed by atoms with E-state index in [0.717, 1.165) is 12.8 Å². The van der Waals surface area contributed by atoms with Gasteiger partial charge in [0.25, 0.3) is 0 Å². The molecule has 1 nitrogen and oxygen atoms in total. The SMILES string of the molecule is [B]c1cccc(C(=O)CCCc2ccccc2)c1. The monoisotopic (exact) mass is 234 g/mol. The van der Waals surface area contributed by atoms with Crippen LogP contribution in [0.5, 0.6) is 0 Å². The van der Waals surface area contributed by atoms with Crippen LogP contribution in [0.1, 0.15) is 28.8 Å². The molecule has 0 amide bonds. The Labute approximate surface area is 109 Å². The van der Waals surface area contributed by atoms with Gasteiger partial charge < -0.3 is 0 Å². The second-order valence-corrected chi connectivity index (χ2v) is 4.39. The molecule has 0 aliphatic carbocycles. The van der Waals surface area contributed by atoms with E-state index in [1.807, 2.05) is 30.3 Å². The minimum absolute atomic E-state index is 0.165. The molecule has 0 saturated carbocycles. The van der Waals surface area contributed by atoms with E-state index in [-0.39, 0.29) is 5.78 Å². The average molecular weight is 234 g/mol. The first kappa shape index (κ1) is 12.6. The van der Waals surface area contributed by atoms with Crippen LogP contribution in [0.15, 0.2) is 54.6 Å². The Hall–Kier alpha value is -1.83. The van der Waals surface area contributed by atoms with E-state index >= 15 is 0 Å². The zero-order chi connectivity index (χ0) is 12.8. The molecule has 2 heteroatoms. The van der Waals surface area contributed by atoms with Crippen LogP contribution < -0.4 is 5.46 Å². The average Bonchev–Trinajstić information content (AvgIpc) is 2.40. The summed E-state index contributed by atoms with van der Waals surface area (Å²) >= 11 is 0. The summed E-state index contributed by atoms with van der Waals surface area (Å²) in [5.41, 5.74) is 2.63. The van der Waals surface area contributed by atoms with E-state index in [9.17, 15) is 4.79 Å². The van der Waals surface area contributed by atoms with Crippen LogP contribution in [0.25, 0.3) is 0 Å². The van der Waals surface area contributed by atoms with Gasteiger partial charge in [-0.25, -0.2) is 0 Å². The zero-order valence-electron chi connectivity index (χ0n) is 10.3. The molecule has 2 aromatic carbocycles. The van der Waals surface area contributed by atoms with E-state index in [4.69, 9.17) is 7.85 Å². The van der Waals surface area contributed by atoms with Crippen molar-refractivity contribution in [2.75, 3.05) is 0 Å². The third-order valence-corrected chi connectivity index (χ3v) is 2.92. The van der Waals surface area contributed by atoms with E-state index in [2.05, 4.69) is 12.1 Å². The third kappa shape index (κ3) is 3.59. The highest BCUT2D eigenvalue weighted by molar-refractivity contribution is 6.32. The van der Waals surface area contributed by atoms with Crippen LogP contribution >= 0.6 is 0 Å². The second kappa shape index (κ2) is 6.20. The minimum Gasteiger partial charge on any atom is -0.294 e. The lowest BCUT2D eigenvalue weighted by molar-refractivity contribution is 0.0980. The first-order chi connectivity index (χ1) is 8.75. The molecule has 0 unspecified atom stereocenters. The Morgan fingerprint density at radius 1 is 1.00 bits per heavy atom. The van der Waals surface area contributed by atoms with E-state index in [0.29, 0.717) is 17.4 Å². The van der Waals surface area contributed by atoms with Crippen LogP contribution in [0.3, 0.4) is 0 Å². The molecule has 0 aromatic heterocycles. The smallest absolute Gasteiger partial charge is 0.162 e. The number of aryl methyl sites for hydroxylation is 1. The summed E-state index contributed by atoms with van der Waals surface area (Å²) in [6.45, 7) is 0. The second-order valence-electron chi connectivity index (χ2n) is 4.39. The Morgan fingerprint density at radius 2 is 1.78 bits per heavy atom. The zero-order valence-corrected chi connectivity index (χ0v) is 10.3. The van der Waals surface area contributed by atoms with Gasteiger partial charge in [0, 0.05) is 12.0 Å². The molecule has 2 rings (SSSR count). The van der Waals surface area contributed by atoms with E-state index in [1.54, 1.807) is 12.1 Å². The summed E-state index contributed by atoms with van der Waals surface area (Å²) in [4.78, 5) is 11.9. The van der Waals surface area contributed by atoms with Crippen molar-refractivity contribution < 1.29 is 4.79 Å². The van der Waals surface area contributed by atoms with Crippen molar-refractivity contribution in [3.8, 4) is 0 Å². The van der Waals surface area contributed by atoms with E-state index < -0.39 is 0 Å². The lowest BCUT2D eigenvalue weighted by Crippen LogP contribution is -2.07. The predicted octanol–water partition coefficient (Wildman–Crippen LogP) is 2.69. The number of Topliss-reactive ketones (excluding diaryl/α,β-unsaturated/α-hetero) is 1. The van der Waals surface area contributed by atoms with Gasteiger partial charge in [-0.3, -0.25) is 4.79 Å². The van der Waals surface area contributed by atoms with Crippen LogP contribution in [-0.4, -0.2) is 13.6 Å². The Bertz CT molecular complexity index is 520. The van der Waals surface area contributed by atoms with Gasteiger partial charge in [0.1, 0.15) is 7.85 Å². The number of hydrogen-bond acceptors (Lipinski definition) is 1. The molecule has 0 aliphatic rings. The molecule has 0 aliphatic heterocycles. The summed E-state index contributed by atoms with van der Waals surface area (Å²) < 4.78 is 0. The van der Waals surface area contributed by atoms with Crippen LogP contribution in [0.4, 0.5) is 0 Å². The molecular formula is C16H15BO. The molecule has 0 heterocycles. The largest absolute Gasteiger partial charge is 0.294 e. The maximum Gasteiger partial charge on any atom is 0.162 e. The topological polar surface area (TPSA) is 17.1 Å². The number of rotatable bonds is 5. The number of ketones is 1. The van der Waals surface area contributed by atoms with Crippen molar-refractivity contribution in [2.24, 2.45) is 0 Å². The Kier molecular flexibility index (Phi) is 4.35. The van der Waals surface area contributed by atoms with Gasteiger partial charge in [-0.1, -0.05) is 60.1 Å². The van der Waals surface area contributed by atoms with Gasteiger partial charge in [-0.05, 0) is 18.4 Å². The van der Waals surface area contributed by atoms with Crippen molar-refractivity contribution in [2.45, 2.75) is 19.3 Å². The van der Waals surface area contributed by atoms with Crippen molar-refractivity contribution in [3.63, 3.8) is 0 Å². The molecule has 0 spiro atoms. The maximum atomic E-state index is 11.9. The van der Waals surface area contributed by atoms with Gasteiger partial charge in [0.2, 0.25) is 0 Å². The highest BCUT2D eigenvalue weighted by Gasteiger charge is 2.05. The quantitative estimate of drug-likeness (QED) is 0.574. The number of carbonyl (C=O) groups is 1. The summed E-state index contributed by atoms with van der Waals surface area (Å²) in [6, 6.07) is 17.4. The molecular weight excluding hydrogens is 219 g/mol. The summed E-state index contributed by atoms with van der Waals surface area (Å²) in [6.07, 6.45) is 2.38. The normalized spacial score (nSPS) is 10.2. The molecule has 88 valence electrons. The van der Waals surface area contributed by atoms with Crippen LogP contribution in [-0.2, 0) is 6.42 Å². The Morgan fingerprint density at radius 3 is 2.50 bits per heavy atom. The first-order valence-corrected chi connectivity index (χ1v) is 6.18. The molecule has 0 bridgehead atoms. The molecule has 0 fully saturated rings. The van der Waals surface area contributed by atoms with Crippen LogP contribution in [0, 0.1) is 0 Å². The summed E-state index contributed by atoms with van der Waals surface area (Å²) in [7, 11) is 5.66. The highest BCUT2D eigenvalue weighted by atomic mass is 16.1. The predicted molar refractivity (Wildman–Crippen MR) is 75.5 cm³/mol. The molecule has 0 saturated heterocycles. The fourth-order valence-corrected chi connectivity index (χ4v) is 1.95. The fraction of sp³-hybridized carbons (Fsp3) is 0.188. The van der Waals surface area contributed by atoms with Gasteiger partial charge in [-0.15, -0.1) is 0 Å². The molecule has 0 N–H and O–H groups in total. The fourth-order valence-electron chi connectivity index (χ4n) is 1.95. The number of hydrogen-bond donors (Lipinski definition) is 0. The van der Waals surface area contributed by atoms with Crippen molar-refractivity contribution in [1.29, 1.82) is 0 Å². The third-order valence-electron chi connectivity index (χ3n) is 2.92. The Balaban J connectivity index is 1.86. The molecule has 18 heavy (non-hydrogen) atoms. The van der Waals surface area contributed by atoms with E-state index in [1.165, 1.54) is 5.56 Å². The number of carbonyl (C=O) groups excluding carboxylic acids is 1. The summed E-state index contributed by atoms with van der Waals surface area (Å²) in [5.74, 6) is 0.165. The number of benzene rings is 2. The minimum atomic E-state index is 0.165. The van der Waals surface area contributed by atoms with Gasteiger partial charge in [0.05, 0.1) is 0 Å². The highest BCUT2D eigenvalue weighted by Crippen LogP contribution is 2.08. The standard InChI is InChI=1S/C16H15BO/c17-15-10-5-9-14(12-15)16(18)11-4-8-13-6-2-1-3-7-13/h1-3,5-7,9-10,12H,4,8,11H2. The van der Waals surface area contributed by atoms with Gasteiger partial charge in [-0.2, -0.15) is 0 Å². The molecule has 2 aromatic rings. The molecule has 0 atom stereocenters. The summed E-state index contributed by atoms with van der Waals surface area (Å²) in [5, 5.41) is 0. The van der Waals surface area contributed by atoms with Gasteiger partial charge in [0.15, 0.2) is 5.78 Å².